The highest BCUT2D eigenvalue weighted by molar-refractivity contribution is 5.37. The van der Waals surface area contributed by atoms with E-state index in [9.17, 15) is 13.2 Å². The number of nitrogens with one attached hydrogen (secondary N) is 1. The summed E-state index contributed by atoms with van der Waals surface area (Å²) in [7, 11) is 0. The summed E-state index contributed by atoms with van der Waals surface area (Å²) in [5, 5.41) is 0. The molecule has 0 bridgehead atoms. The first-order valence-electron chi connectivity index (χ1n) is 5.87. The van der Waals surface area contributed by atoms with E-state index < -0.39 is 12.6 Å². The van der Waals surface area contributed by atoms with Crippen molar-refractivity contribution in [2.45, 2.75) is 38.8 Å². The van der Waals surface area contributed by atoms with Crippen LogP contribution in [0.25, 0.3) is 0 Å². The molecule has 3 N–H and O–H groups in total. The Labute approximate surface area is 109 Å². The van der Waals surface area contributed by atoms with Gasteiger partial charge in [0.25, 0.3) is 0 Å². The molecule has 0 spiro atoms. The van der Waals surface area contributed by atoms with Crippen molar-refractivity contribution in [1.82, 2.24) is 9.97 Å². The minimum Gasteiger partial charge on any atom is -0.478 e. The van der Waals surface area contributed by atoms with Gasteiger partial charge in [0.15, 0.2) is 0 Å². The second-order valence-electron chi connectivity index (χ2n) is 4.32. The minimum atomic E-state index is -4.16. The number of halogens is 3. The van der Waals surface area contributed by atoms with Gasteiger partial charge < -0.3 is 10.2 Å². The third-order valence-corrected chi connectivity index (χ3v) is 2.24. The molecule has 1 heterocycles. The van der Waals surface area contributed by atoms with Gasteiger partial charge in [0.05, 0.1) is 6.61 Å². The van der Waals surface area contributed by atoms with Crippen molar-refractivity contribution in [3.8, 4) is 5.88 Å². The van der Waals surface area contributed by atoms with E-state index in [4.69, 9.17) is 10.6 Å². The Morgan fingerprint density at radius 3 is 2.58 bits per heavy atom. The Bertz CT molecular complexity index is 409. The van der Waals surface area contributed by atoms with Crippen LogP contribution in [-0.4, -0.2) is 22.8 Å². The van der Waals surface area contributed by atoms with Crippen molar-refractivity contribution < 1.29 is 17.9 Å². The molecular weight excluding hydrogens is 261 g/mol. The summed E-state index contributed by atoms with van der Waals surface area (Å²) in [5.41, 5.74) is 2.37. The Hall–Kier alpha value is -1.57. The van der Waals surface area contributed by atoms with Gasteiger partial charge in [-0.05, 0) is 6.42 Å². The maximum atomic E-state index is 12.0. The van der Waals surface area contributed by atoms with E-state index in [1.165, 1.54) is 6.07 Å². The first-order valence-corrected chi connectivity index (χ1v) is 5.87. The van der Waals surface area contributed by atoms with E-state index in [1.54, 1.807) is 0 Å². The van der Waals surface area contributed by atoms with E-state index in [1.807, 2.05) is 13.8 Å². The molecule has 0 radical (unpaired) electrons. The Morgan fingerprint density at radius 2 is 2.05 bits per heavy atom. The van der Waals surface area contributed by atoms with E-state index >= 15 is 0 Å². The largest absolute Gasteiger partial charge is 0.478 e. The summed E-state index contributed by atoms with van der Waals surface area (Å²) in [5.74, 6) is 6.41. The number of anilines is 1. The van der Waals surface area contributed by atoms with Crippen molar-refractivity contribution in [2.75, 3.05) is 12.0 Å². The fraction of sp³-hybridized carbons (Fsp3) is 0.636. The number of alkyl halides is 3. The molecule has 1 aromatic heterocycles. The Morgan fingerprint density at radius 1 is 1.37 bits per heavy atom. The fourth-order valence-corrected chi connectivity index (χ4v) is 1.30. The predicted molar refractivity (Wildman–Crippen MR) is 64.7 cm³/mol. The molecule has 0 unspecified atom stereocenters. The molecular formula is C11H17F3N4O. The van der Waals surface area contributed by atoms with Crippen molar-refractivity contribution in [2.24, 2.45) is 5.84 Å². The molecule has 8 heteroatoms. The molecule has 0 atom stereocenters. The summed E-state index contributed by atoms with van der Waals surface area (Å²) in [4.78, 5) is 8.22. The normalized spacial score (nSPS) is 11.7. The molecule has 19 heavy (non-hydrogen) atoms. The van der Waals surface area contributed by atoms with Crippen LogP contribution in [0.2, 0.25) is 0 Å². The number of hydrogen-bond donors (Lipinski definition) is 2. The minimum absolute atomic E-state index is 0.0575. The number of nitrogens with two attached hydrogens (primary N) is 1. The quantitative estimate of drug-likeness (QED) is 0.475. The fourth-order valence-electron chi connectivity index (χ4n) is 1.30. The molecule has 1 rings (SSSR count). The summed E-state index contributed by atoms with van der Waals surface area (Å²) in [6.07, 6.45) is -5.16. The van der Waals surface area contributed by atoms with Crippen LogP contribution in [0.5, 0.6) is 5.88 Å². The molecule has 0 aliphatic carbocycles. The number of rotatable bonds is 6. The average Bonchev–Trinajstić information content (AvgIpc) is 2.33. The van der Waals surface area contributed by atoms with Gasteiger partial charge >= 0.3 is 6.18 Å². The summed E-state index contributed by atoms with van der Waals surface area (Å²) in [6.45, 7) is 3.73. The lowest BCUT2D eigenvalue weighted by Crippen LogP contribution is -2.13. The molecule has 0 aliphatic rings. The van der Waals surface area contributed by atoms with Crippen molar-refractivity contribution in [3.63, 3.8) is 0 Å². The van der Waals surface area contributed by atoms with Gasteiger partial charge in [0.2, 0.25) is 5.88 Å². The maximum Gasteiger partial charge on any atom is 0.389 e. The second-order valence-corrected chi connectivity index (χ2v) is 4.32. The smallest absolute Gasteiger partial charge is 0.389 e. The van der Waals surface area contributed by atoms with Crippen molar-refractivity contribution in [3.05, 3.63) is 11.9 Å². The molecule has 5 nitrogen and oxygen atoms in total. The van der Waals surface area contributed by atoms with Gasteiger partial charge in [-0.2, -0.15) is 18.2 Å². The first kappa shape index (κ1) is 15.5. The Kier molecular flexibility index (Phi) is 5.34. The number of hydrazine groups is 1. The van der Waals surface area contributed by atoms with Crippen LogP contribution in [0.1, 0.15) is 38.4 Å². The van der Waals surface area contributed by atoms with E-state index in [-0.39, 0.29) is 24.8 Å². The van der Waals surface area contributed by atoms with Gasteiger partial charge in [0, 0.05) is 18.4 Å². The Balaban J connectivity index is 2.60. The number of nitrogen functional groups attached to an aromatic ring is 1. The summed E-state index contributed by atoms with van der Waals surface area (Å²) < 4.78 is 41.1. The highest BCUT2D eigenvalue weighted by atomic mass is 19.4. The number of nitrogens with zero attached hydrogens (tertiary/aromatic N) is 2. The van der Waals surface area contributed by atoms with E-state index in [2.05, 4.69) is 15.4 Å². The third kappa shape index (κ3) is 5.73. The van der Waals surface area contributed by atoms with Crippen molar-refractivity contribution >= 4 is 5.82 Å². The van der Waals surface area contributed by atoms with Gasteiger partial charge in [-0.1, -0.05) is 13.8 Å². The summed E-state index contributed by atoms with van der Waals surface area (Å²) >= 11 is 0. The first-order chi connectivity index (χ1) is 8.81. The van der Waals surface area contributed by atoms with Crippen LogP contribution in [0.4, 0.5) is 19.0 Å². The molecule has 0 saturated heterocycles. The lowest BCUT2D eigenvalue weighted by atomic mass is 10.2. The zero-order valence-corrected chi connectivity index (χ0v) is 10.8. The lowest BCUT2D eigenvalue weighted by molar-refractivity contribution is -0.136. The third-order valence-electron chi connectivity index (χ3n) is 2.24. The second kappa shape index (κ2) is 6.55. The maximum absolute atomic E-state index is 12.0. The predicted octanol–water partition coefficient (Wildman–Crippen LogP) is 2.61. The van der Waals surface area contributed by atoms with E-state index in [0.717, 1.165) is 0 Å². The standard InChI is InChI=1S/C11H17F3N4O/c1-7(2)10-16-8(18-15)6-9(17-10)19-5-3-4-11(12,13)14/h6-7H,3-5,15H2,1-2H3,(H,16,17,18). The molecule has 0 saturated carbocycles. The van der Waals surface area contributed by atoms with Gasteiger partial charge in [-0.3, -0.25) is 0 Å². The molecule has 0 aromatic carbocycles. The molecule has 1 aromatic rings. The SMILES string of the molecule is CC(C)c1nc(NN)cc(OCCCC(F)(F)F)n1. The highest BCUT2D eigenvalue weighted by Gasteiger charge is 2.26. The topological polar surface area (TPSA) is 73.1 Å². The van der Waals surface area contributed by atoms with Crippen LogP contribution >= 0.6 is 0 Å². The van der Waals surface area contributed by atoms with Crippen molar-refractivity contribution in [1.29, 1.82) is 0 Å². The van der Waals surface area contributed by atoms with E-state index in [0.29, 0.717) is 11.6 Å². The lowest BCUT2D eigenvalue weighted by Gasteiger charge is -2.11. The van der Waals surface area contributed by atoms with Crippen LogP contribution < -0.4 is 16.0 Å². The van der Waals surface area contributed by atoms with Crippen LogP contribution in [-0.2, 0) is 0 Å². The number of hydrogen-bond acceptors (Lipinski definition) is 5. The molecule has 0 amide bonds. The average molecular weight is 278 g/mol. The van der Waals surface area contributed by atoms with Crippen LogP contribution in [0.15, 0.2) is 6.07 Å². The van der Waals surface area contributed by atoms with Gasteiger partial charge in [-0.25, -0.2) is 10.8 Å². The molecule has 108 valence electrons. The highest BCUT2D eigenvalue weighted by Crippen LogP contribution is 2.22. The molecule has 0 aliphatic heterocycles. The summed E-state index contributed by atoms with van der Waals surface area (Å²) in [6, 6.07) is 1.44. The zero-order chi connectivity index (χ0) is 14.5. The van der Waals surface area contributed by atoms with Crippen LogP contribution in [0.3, 0.4) is 0 Å². The number of aromatic nitrogens is 2. The number of ether oxygens (including phenoxy) is 1. The monoisotopic (exact) mass is 278 g/mol. The van der Waals surface area contributed by atoms with Crippen LogP contribution in [0, 0.1) is 0 Å². The van der Waals surface area contributed by atoms with Gasteiger partial charge in [0.1, 0.15) is 11.6 Å². The molecule has 0 fully saturated rings. The zero-order valence-electron chi connectivity index (χ0n) is 10.8. The van der Waals surface area contributed by atoms with Gasteiger partial charge in [-0.15, -0.1) is 0 Å².